The van der Waals surface area contributed by atoms with Crippen LogP contribution in [0.3, 0.4) is 0 Å². The number of carbonyl (C=O) groups is 2. The van der Waals surface area contributed by atoms with Crippen molar-refractivity contribution in [2.45, 2.75) is 13.1 Å². The summed E-state index contributed by atoms with van der Waals surface area (Å²) in [6.45, 7) is -0.384. The van der Waals surface area contributed by atoms with Crippen molar-refractivity contribution in [2.75, 3.05) is 0 Å². The molecule has 2 heterocycles. The number of nitrogens with zero attached hydrogens (tertiary/aromatic N) is 10. The number of carbonyl (C=O) groups excluding carboxylic acids is 1. The largest absolute Gasteiger partial charge is 0.476 e. The molecule has 0 aliphatic carbocycles. The molecule has 18 heteroatoms. The Hall–Kier alpha value is -5.75. The second kappa shape index (κ2) is 18.3. The Labute approximate surface area is 331 Å². The summed E-state index contributed by atoms with van der Waals surface area (Å²) in [5.41, 5.74) is 21.6. The summed E-state index contributed by atoms with van der Waals surface area (Å²) in [6.07, 6.45) is 0. The van der Waals surface area contributed by atoms with Crippen molar-refractivity contribution in [2.24, 2.45) is 10.2 Å². The average molecular weight is 819 g/mol. The molecule has 2 aromatic heterocycles. The van der Waals surface area contributed by atoms with Gasteiger partial charge >= 0.3 is 5.97 Å². The zero-order chi connectivity index (χ0) is 38.8. The third-order valence-corrected chi connectivity index (χ3v) is 8.55. The predicted octanol–water partition coefficient (Wildman–Crippen LogP) is 11.9. The van der Waals surface area contributed by atoms with Crippen LogP contribution in [0.25, 0.3) is 65.9 Å². The number of hydrogen-bond donors (Lipinski definition) is 1. The zero-order valence-electron chi connectivity index (χ0n) is 27.3. The van der Waals surface area contributed by atoms with Gasteiger partial charge in [-0.1, -0.05) is 105 Å². The van der Waals surface area contributed by atoms with Crippen LogP contribution in [0, 0.1) is 0 Å². The van der Waals surface area contributed by atoms with E-state index >= 15 is 0 Å². The summed E-state index contributed by atoms with van der Waals surface area (Å²) in [5, 5.41) is 17.8. The van der Waals surface area contributed by atoms with Gasteiger partial charge in [-0.25, -0.2) is 24.7 Å². The first-order valence-electron chi connectivity index (χ1n) is 15.3. The van der Waals surface area contributed by atoms with Gasteiger partial charge in [-0.3, -0.25) is 4.79 Å². The highest BCUT2D eigenvalue weighted by atomic mass is 35.5. The van der Waals surface area contributed by atoms with E-state index in [1.807, 2.05) is 0 Å². The van der Waals surface area contributed by atoms with Crippen molar-refractivity contribution in [3.05, 3.63) is 161 Å². The van der Waals surface area contributed by atoms with Gasteiger partial charge in [-0.05, 0) is 71.2 Å². The number of carboxylic acid groups (broad SMARTS) is 1. The highest BCUT2D eigenvalue weighted by Crippen LogP contribution is 2.33. The Morgan fingerprint density at radius 3 is 1.07 bits per heavy atom. The molecule has 13 nitrogen and oxygen atoms in total. The SMILES string of the molecule is [N-]=[N+]=NCc1nc(-c2ccc(Cl)cc2)c(-c2ccc(Cl)cc2)nc1C(=O)Cl.[N-]=[N+]=NCc1nc(-c2ccc(Cl)cc2)c(-c2ccc(Cl)cc2)nc1C(=O)O. The molecule has 4 aromatic carbocycles. The van der Waals surface area contributed by atoms with Gasteiger partial charge in [-0.15, -0.1) is 0 Å². The number of aromatic carboxylic acids is 1. The van der Waals surface area contributed by atoms with Crippen molar-refractivity contribution in [1.29, 1.82) is 0 Å². The quantitative estimate of drug-likeness (QED) is 0.0612. The molecular formula is C36H21Cl5N10O3. The van der Waals surface area contributed by atoms with Crippen molar-refractivity contribution in [3.63, 3.8) is 0 Å². The lowest BCUT2D eigenvalue weighted by molar-refractivity contribution is 0.0688. The van der Waals surface area contributed by atoms with E-state index in [1.165, 1.54) is 0 Å². The number of azide groups is 2. The number of benzene rings is 4. The van der Waals surface area contributed by atoms with Gasteiger partial charge in [0.25, 0.3) is 5.24 Å². The van der Waals surface area contributed by atoms with Crippen LogP contribution in [0.1, 0.15) is 32.4 Å². The number of halogens is 5. The topological polar surface area (TPSA) is 203 Å². The minimum absolute atomic E-state index is 0.0632. The van der Waals surface area contributed by atoms with Crippen molar-refractivity contribution >= 4 is 69.2 Å². The Morgan fingerprint density at radius 2 is 0.796 bits per heavy atom. The van der Waals surface area contributed by atoms with E-state index in [-0.39, 0.29) is 35.9 Å². The Balaban J connectivity index is 0.000000208. The summed E-state index contributed by atoms with van der Waals surface area (Å²) < 4.78 is 0. The molecule has 0 saturated carbocycles. The second-order valence-electron chi connectivity index (χ2n) is 10.8. The molecule has 0 unspecified atom stereocenters. The van der Waals surface area contributed by atoms with Gasteiger partial charge in [0.1, 0.15) is 5.69 Å². The molecule has 0 spiro atoms. The number of rotatable bonds is 10. The van der Waals surface area contributed by atoms with E-state index in [9.17, 15) is 14.7 Å². The van der Waals surface area contributed by atoms with Crippen LogP contribution in [-0.4, -0.2) is 36.3 Å². The van der Waals surface area contributed by atoms with Gasteiger partial charge in [-0.2, -0.15) is 0 Å². The number of aromatic nitrogens is 4. The first kappa shape index (κ1) is 39.5. The predicted molar refractivity (Wildman–Crippen MR) is 209 cm³/mol. The van der Waals surface area contributed by atoms with Gasteiger partial charge in [0.2, 0.25) is 0 Å². The van der Waals surface area contributed by atoms with Crippen molar-refractivity contribution < 1.29 is 14.7 Å². The fourth-order valence-electron chi connectivity index (χ4n) is 4.92. The summed E-state index contributed by atoms with van der Waals surface area (Å²) >= 11 is 29.5. The van der Waals surface area contributed by atoms with Crippen LogP contribution in [0.5, 0.6) is 0 Å². The second-order valence-corrected chi connectivity index (χ2v) is 12.9. The maximum Gasteiger partial charge on any atom is 0.356 e. The first-order valence-corrected chi connectivity index (χ1v) is 17.2. The molecule has 6 aromatic rings. The third kappa shape index (κ3) is 9.81. The smallest absolute Gasteiger partial charge is 0.356 e. The molecule has 268 valence electrons. The van der Waals surface area contributed by atoms with Gasteiger partial charge in [0.05, 0.1) is 47.3 Å². The first-order chi connectivity index (χ1) is 26.0. The minimum Gasteiger partial charge on any atom is -0.476 e. The van der Waals surface area contributed by atoms with Crippen LogP contribution >= 0.6 is 58.0 Å². The van der Waals surface area contributed by atoms with E-state index in [0.717, 1.165) is 5.56 Å². The summed E-state index contributed by atoms with van der Waals surface area (Å²) in [7, 11) is 0. The van der Waals surface area contributed by atoms with E-state index in [2.05, 4.69) is 40.0 Å². The molecule has 0 saturated heterocycles. The minimum atomic E-state index is -1.26. The fourth-order valence-corrected chi connectivity index (χ4v) is 5.58. The summed E-state index contributed by atoms with van der Waals surface area (Å²) in [6, 6.07) is 27.7. The van der Waals surface area contributed by atoms with Gasteiger partial charge in [0, 0.05) is 52.2 Å². The monoisotopic (exact) mass is 816 g/mol. The highest BCUT2D eigenvalue weighted by Gasteiger charge is 2.22. The Kier molecular flexibility index (Phi) is 13.4. The van der Waals surface area contributed by atoms with Gasteiger partial charge < -0.3 is 5.11 Å². The lowest BCUT2D eigenvalue weighted by Gasteiger charge is -2.13. The van der Waals surface area contributed by atoms with Crippen LogP contribution in [0.15, 0.2) is 107 Å². The lowest BCUT2D eigenvalue weighted by Crippen LogP contribution is -2.10. The summed E-state index contributed by atoms with van der Waals surface area (Å²) in [5.74, 6) is -1.26. The van der Waals surface area contributed by atoms with Crippen LogP contribution in [-0.2, 0) is 13.1 Å². The fraction of sp³-hybridized carbons (Fsp3) is 0.0556. The molecule has 0 aliphatic rings. The lowest BCUT2D eigenvalue weighted by atomic mass is 10.0. The molecule has 1 N–H and O–H groups in total. The van der Waals surface area contributed by atoms with Crippen LogP contribution in [0.2, 0.25) is 20.1 Å². The maximum atomic E-state index is 11.8. The van der Waals surface area contributed by atoms with Crippen LogP contribution in [0.4, 0.5) is 0 Å². The summed E-state index contributed by atoms with van der Waals surface area (Å²) in [4.78, 5) is 46.6. The standard InChI is InChI=1S/C18H10Cl3N5O.C18H11Cl2N5O2/c19-12-5-1-10(2-6-12)15-16(11-3-7-13(20)8-4-11)25-17(18(21)27)14(24-15)9-23-26-22;19-12-5-1-10(2-6-12)15-16(11-3-7-13(20)8-4-11)24-17(18(26)27)14(23-15)9-22-25-21/h1-8H,9H2;1-8H,9H2,(H,26,27). The van der Waals surface area contributed by atoms with E-state index < -0.39 is 11.2 Å². The van der Waals surface area contributed by atoms with E-state index in [1.54, 1.807) is 97.1 Å². The molecule has 54 heavy (non-hydrogen) atoms. The molecule has 0 amide bonds. The van der Waals surface area contributed by atoms with Crippen molar-refractivity contribution in [3.8, 4) is 45.0 Å². The molecule has 0 aliphatic heterocycles. The average Bonchev–Trinajstić information content (AvgIpc) is 3.17. The molecule has 0 atom stereocenters. The molecule has 6 rings (SSSR count). The number of carboxylic acids is 1. The van der Waals surface area contributed by atoms with E-state index in [0.29, 0.717) is 59.6 Å². The Morgan fingerprint density at radius 1 is 0.519 bits per heavy atom. The number of hydrogen-bond acceptors (Lipinski definition) is 8. The maximum absolute atomic E-state index is 11.8. The normalized spacial score (nSPS) is 10.3. The zero-order valence-corrected chi connectivity index (χ0v) is 31.1. The van der Waals surface area contributed by atoms with Gasteiger partial charge in [0.15, 0.2) is 5.69 Å². The molecule has 0 bridgehead atoms. The Bertz CT molecular complexity index is 2270. The molecule has 0 fully saturated rings. The highest BCUT2D eigenvalue weighted by molar-refractivity contribution is 6.67. The molecule has 0 radical (unpaired) electrons. The third-order valence-electron chi connectivity index (χ3n) is 7.36. The molecular weight excluding hydrogens is 798 g/mol. The van der Waals surface area contributed by atoms with Crippen LogP contribution < -0.4 is 0 Å². The van der Waals surface area contributed by atoms with Crippen molar-refractivity contribution in [1.82, 2.24) is 19.9 Å². The van der Waals surface area contributed by atoms with E-state index in [4.69, 9.17) is 69.1 Å².